The van der Waals surface area contributed by atoms with Crippen molar-refractivity contribution in [3.8, 4) is 5.69 Å². The first-order chi connectivity index (χ1) is 13.0. The topological polar surface area (TPSA) is 73.2 Å². The third-order valence-corrected chi connectivity index (χ3v) is 4.38. The predicted molar refractivity (Wildman–Crippen MR) is 97.2 cm³/mol. The van der Waals surface area contributed by atoms with Crippen LogP contribution in [0.5, 0.6) is 0 Å². The number of carbonyl (C=O) groups excluding carboxylic acids is 2. The summed E-state index contributed by atoms with van der Waals surface area (Å²) in [6.07, 6.45) is -3.41. The number of esters is 1. The number of aromatic nitrogens is 2. The van der Waals surface area contributed by atoms with E-state index in [1.54, 1.807) is 19.9 Å². The molecular weight excluding hydrogens is 375 g/mol. The Morgan fingerprint density at radius 2 is 1.89 bits per heavy atom. The maximum Gasteiger partial charge on any atom is 0.434 e. The van der Waals surface area contributed by atoms with Crippen LogP contribution < -0.4 is 5.32 Å². The lowest BCUT2D eigenvalue weighted by molar-refractivity contribution is -0.143. The molecule has 28 heavy (non-hydrogen) atoms. The van der Waals surface area contributed by atoms with Gasteiger partial charge < -0.3 is 10.1 Å². The molecule has 0 aliphatic heterocycles. The van der Waals surface area contributed by atoms with Gasteiger partial charge in [-0.1, -0.05) is 26.8 Å². The summed E-state index contributed by atoms with van der Waals surface area (Å²) in [6, 6.07) is 5.82. The van der Waals surface area contributed by atoms with Crippen molar-refractivity contribution in [3.63, 3.8) is 0 Å². The Hall–Kier alpha value is -2.84. The van der Waals surface area contributed by atoms with E-state index in [4.69, 9.17) is 0 Å². The Morgan fingerprint density at radius 3 is 2.46 bits per heavy atom. The number of halogens is 3. The minimum atomic E-state index is -4.83. The van der Waals surface area contributed by atoms with E-state index in [0.29, 0.717) is 16.8 Å². The van der Waals surface area contributed by atoms with Gasteiger partial charge in [-0.25, -0.2) is 9.48 Å². The third-order valence-electron chi connectivity index (χ3n) is 4.38. The predicted octanol–water partition coefficient (Wildman–Crippen LogP) is 4.44. The maximum atomic E-state index is 13.6. The van der Waals surface area contributed by atoms with Crippen LogP contribution in [0.25, 0.3) is 5.69 Å². The minimum absolute atomic E-state index is 0.0509. The number of amides is 1. The van der Waals surface area contributed by atoms with Gasteiger partial charge in [0.15, 0.2) is 5.69 Å². The van der Waals surface area contributed by atoms with Gasteiger partial charge >= 0.3 is 12.1 Å². The molecular formula is C19H22F3N3O3. The highest BCUT2D eigenvalue weighted by Gasteiger charge is 2.41. The zero-order valence-electron chi connectivity index (χ0n) is 16.1. The van der Waals surface area contributed by atoms with E-state index in [1.807, 2.05) is 6.92 Å². The van der Waals surface area contributed by atoms with E-state index in [0.717, 1.165) is 6.20 Å². The number of nitrogens with zero attached hydrogens (tertiary/aromatic N) is 2. The first-order valence-electron chi connectivity index (χ1n) is 8.75. The number of benzene rings is 1. The van der Waals surface area contributed by atoms with Crippen LogP contribution in [0.1, 0.15) is 50.2 Å². The summed E-state index contributed by atoms with van der Waals surface area (Å²) in [7, 11) is 0. The fourth-order valence-electron chi connectivity index (χ4n) is 2.35. The molecule has 0 aliphatic rings. The van der Waals surface area contributed by atoms with Crippen molar-refractivity contribution in [1.82, 2.24) is 9.78 Å². The summed E-state index contributed by atoms with van der Waals surface area (Å²) < 4.78 is 46.1. The molecule has 0 radical (unpaired) electrons. The summed E-state index contributed by atoms with van der Waals surface area (Å²) in [4.78, 5) is 24.2. The van der Waals surface area contributed by atoms with Crippen LogP contribution >= 0.6 is 0 Å². The Balaban J connectivity index is 2.46. The van der Waals surface area contributed by atoms with Crippen molar-refractivity contribution in [3.05, 3.63) is 41.7 Å². The largest absolute Gasteiger partial charge is 0.462 e. The van der Waals surface area contributed by atoms with E-state index in [2.05, 4.69) is 15.2 Å². The lowest BCUT2D eigenvalue weighted by Gasteiger charge is -2.21. The Labute approximate surface area is 160 Å². The molecule has 1 aromatic heterocycles. The van der Waals surface area contributed by atoms with Crippen molar-refractivity contribution >= 4 is 17.6 Å². The van der Waals surface area contributed by atoms with Crippen molar-refractivity contribution in [2.24, 2.45) is 5.41 Å². The number of carbonyl (C=O) groups is 2. The molecule has 0 unspecified atom stereocenters. The zero-order valence-corrected chi connectivity index (χ0v) is 16.1. The Bertz CT molecular complexity index is 873. The second-order valence-corrected chi connectivity index (χ2v) is 6.78. The monoisotopic (exact) mass is 397 g/mol. The second kappa shape index (κ2) is 8.04. The summed E-state index contributed by atoms with van der Waals surface area (Å²) in [5.41, 5.74) is -2.16. The van der Waals surface area contributed by atoms with E-state index in [-0.39, 0.29) is 18.2 Å². The van der Waals surface area contributed by atoms with E-state index >= 15 is 0 Å². The fraction of sp³-hybridized carbons (Fsp3) is 0.421. The standard InChI is InChI=1S/C19H22F3N3O3/c1-5-18(3,4)17(27)24-12-8-7-9-13(10-12)25-15(19(20,21)22)14(11-23-25)16(26)28-6-2/h7-11H,5-6H2,1-4H3,(H,24,27). The first kappa shape index (κ1) is 21.5. The molecule has 2 aromatic rings. The van der Waals surface area contributed by atoms with E-state index in [1.165, 1.54) is 25.1 Å². The average molecular weight is 397 g/mol. The number of alkyl halides is 3. The Kier molecular flexibility index (Phi) is 6.16. The highest BCUT2D eigenvalue weighted by Crippen LogP contribution is 2.34. The molecule has 1 aromatic carbocycles. The van der Waals surface area contributed by atoms with Crippen LogP contribution in [0, 0.1) is 5.41 Å². The molecule has 0 aliphatic carbocycles. The quantitative estimate of drug-likeness (QED) is 0.732. The molecule has 0 atom stereocenters. The van der Waals surface area contributed by atoms with Crippen LogP contribution in [0.2, 0.25) is 0 Å². The SMILES string of the molecule is CCOC(=O)c1cnn(-c2cccc(NC(=O)C(C)(C)CC)c2)c1C(F)(F)F. The molecule has 0 spiro atoms. The normalized spacial score (nSPS) is 12.0. The summed E-state index contributed by atoms with van der Waals surface area (Å²) >= 11 is 0. The molecule has 152 valence electrons. The fourth-order valence-corrected chi connectivity index (χ4v) is 2.35. The van der Waals surface area contributed by atoms with Crippen molar-refractivity contribution in [2.75, 3.05) is 11.9 Å². The first-order valence-corrected chi connectivity index (χ1v) is 8.75. The lowest BCUT2D eigenvalue weighted by atomic mass is 9.89. The van der Waals surface area contributed by atoms with Gasteiger partial charge in [-0.3, -0.25) is 4.79 Å². The average Bonchev–Trinajstić information content (AvgIpc) is 3.08. The molecule has 0 bridgehead atoms. The molecule has 0 saturated heterocycles. The number of hydrogen-bond donors (Lipinski definition) is 1. The van der Waals surface area contributed by atoms with Crippen molar-refractivity contribution in [2.45, 2.75) is 40.3 Å². The summed E-state index contributed by atoms with van der Waals surface area (Å²) in [5.74, 6) is -1.36. The van der Waals surface area contributed by atoms with E-state index < -0.39 is 28.8 Å². The van der Waals surface area contributed by atoms with Crippen LogP contribution in [0.15, 0.2) is 30.5 Å². The minimum Gasteiger partial charge on any atom is -0.462 e. The lowest BCUT2D eigenvalue weighted by Crippen LogP contribution is -2.30. The summed E-state index contributed by atoms with van der Waals surface area (Å²) in [6.45, 7) is 6.85. The zero-order chi connectivity index (χ0) is 21.1. The molecule has 2 rings (SSSR count). The second-order valence-electron chi connectivity index (χ2n) is 6.78. The third kappa shape index (κ3) is 4.52. The van der Waals surface area contributed by atoms with Gasteiger partial charge in [0.05, 0.1) is 18.5 Å². The number of ether oxygens (including phenoxy) is 1. The molecule has 0 saturated carbocycles. The van der Waals surface area contributed by atoms with Crippen LogP contribution in [0.4, 0.5) is 18.9 Å². The number of hydrogen-bond acceptors (Lipinski definition) is 4. The molecule has 1 N–H and O–H groups in total. The molecule has 0 fully saturated rings. The Morgan fingerprint density at radius 1 is 1.21 bits per heavy atom. The molecule has 9 heteroatoms. The molecule has 1 heterocycles. The van der Waals surface area contributed by atoms with Gasteiger partial charge in [0, 0.05) is 11.1 Å². The number of nitrogens with one attached hydrogen (secondary N) is 1. The van der Waals surface area contributed by atoms with Crippen molar-refractivity contribution in [1.29, 1.82) is 0 Å². The smallest absolute Gasteiger partial charge is 0.434 e. The van der Waals surface area contributed by atoms with E-state index in [9.17, 15) is 22.8 Å². The number of rotatable bonds is 6. The van der Waals surface area contributed by atoms with Crippen LogP contribution in [-0.2, 0) is 15.7 Å². The van der Waals surface area contributed by atoms with Gasteiger partial charge in [-0.05, 0) is 31.5 Å². The summed E-state index contributed by atoms with van der Waals surface area (Å²) in [5, 5.41) is 6.42. The maximum absolute atomic E-state index is 13.6. The van der Waals surface area contributed by atoms with Crippen molar-refractivity contribution < 1.29 is 27.5 Å². The highest BCUT2D eigenvalue weighted by molar-refractivity contribution is 5.95. The van der Waals surface area contributed by atoms with Gasteiger partial charge in [0.25, 0.3) is 0 Å². The van der Waals surface area contributed by atoms with Gasteiger partial charge in [-0.15, -0.1) is 0 Å². The van der Waals surface area contributed by atoms with Gasteiger partial charge in [0.1, 0.15) is 5.56 Å². The molecule has 6 nitrogen and oxygen atoms in total. The van der Waals surface area contributed by atoms with Crippen LogP contribution in [0.3, 0.4) is 0 Å². The number of anilines is 1. The van der Waals surface area contributed by atoms with Gasteiger partial charge in [0.2, 0.25) is 5.91 Å². The van der Waals surface area contributed by atoms with Crippen LogP contribution in [-0.4, -0.2) is 28.3 Å². The van der Waals surface area contributed by atoms with Gasteiger partial charge in [-0.2, -0.15) is 18.3 Å². The highest BCUT2D eigenvalue weighted by atomic mass is 19.4. The molecule has 1 amide bonds.